The van der Waals surface area contributed by atoms with Crippen LogP contribution in [0.15, 0.2) is 192 Å². The first kappa shape index (κ1) is 34.1. The van der Waals surface area contributed by atoms with E-state index < -0.39 is 0 Å². The Hall–Kier alpha value is -6.64. The Balaban J connectivity index is 0.781. The summed E-state index contributed by atoms with van der Waals surface area (Å²) < 4.78 is 6.37. The van der Waals surface area contributed by atoms with Gasteiger partial charge in [-0.05, 0) is 165 Å². The van der Waals surface area contributed by atoms with E-state index in [1.165, 1.54) is 70.2 Å². The third kappa shape index (κ3) is 4.91. The molecule has 4 bridgehead atoms. The van der Waals surface area contributed by atoms with Crippen molar-refractivity contribution >= 4 is 39.0 Å². The van der Waals surface area contributed by atoms with Crippen molar-refractivity contribution in [3.8, 4) is 44.5 Å². The van der Waals surface area contributed by atoms with Crippen LogP contribution < -0.4 is 4.90 Å². The minimum absolute atomic E-state index is 0.532. The lowest BCUT2D eigenvalue weighted by Crippen LogP contribution is -2.34. The van der Waals surface area contributed by atoms with Crippen molar-refractivity contribution in [2.45, 2.75) is 31.6 Å². The summed E-state index contributed by atoms with van der Waals surface area (Å²) in [5, 5.41) is 2.27. The van der Waals surface area contributed by atoms with Gasteiger partial charge in [0, 0.05) is 39.8 Å². The summed E-state index contributed by atoms with van der Waals surface area (Å²) in [6.07, 6.45) is 6.01. The van der Waals surface area contributed by atoms with E-state index in [4.69, 9.17) is 4.42 Å². The highest BCUT2D eigenvalue weighted by Gasteiger charge is 2.81. The first-order valence-corrected chi connectivity index (χ1v) is 22.5. The molecule has 6 aliphatic rings. The van der Waals surface area contributed by atoms with Gasteiger partial charge in [-0.3, -0.25) is 0 Å². The van der Waals surface area contributed by atoms with Gasteiger partial charge >= 0.3 is 0 Å². The fourth-order valence-corrected chi connectivity index (χ4v) is 13.9. The van der Waals surface area contributed by atoms with E-state index in [0.29, 0.717) is 11.3 Å². The molecular weight excluding hydrogens is 739 g/mol. The highest BCUT2D eigenvalue weighted by molar-refractivity contribution is 6.06. The average Bonchev–Trinajstić information content (AvgIpc) is 3.55. The van der Waals surface area contributed by atoms with Gasteiger partial charge in [-0.15, -0.1) is 0 Å². The molecule has 2 heteroatoms. The van der Waals surface area contributed by atoms with Gasteiger partial charge in [0.1, 0.15) is 11.2 Å². The van der Waals surface area contributed by atoms with E-state index >= 15 is 0 Å². The number of para-hydroxylation sites is 1. The second kappa shape index (κ2) is 12.7. The molecule has 2 nitrogen and oxygen atoms in total. The van der Waals surface area contributed by atoms with Crippen molar-refractivity contribution in [1.82, 2.24) is 0 Å². The van der Waals surface area contributed by atoms with E-state index in [-0.39, 0.29) is 0 Å². The number of nitrogens with zero attached hydrogens (tertiary/aromatic N) is 1. The van der Waals surface area contributed by atoms with Crippen molar-refractivity contribution in [2.24, 2.45) is 35.0 Å². The monoisotopic (exact) mass is 783 g/mol. The molecule has 15 rings (SSSR count). The van der Waals surface area contributed by atoms with E-state index in [1.807, 2.05) is 12.1 Å². The van der Waals surface area contributed by atoms with Crippen LogP contribution in [-0.4, -0.2) is 0 Å². The Morgan fingerprint density at radius 2 is 1.02 bits per heavy atom. The molecule has 7 atom stereocenters. The summed E-state index contributed by atoms with van der Waals surface area (Å²) in [6, 6.07) is 69.5. The Morgan fingerprint density at radius 3 is 1.77 bits per heavy atom. The van der Waals surface area contributed by atoms with Gasteiger partial charge in [0.25, 0.3) is 0 Å². The Kier molecular flexibility index (Phi) is 7.10. The molecule has 0 N–H and O–H groups in total. The SMILES string of the molecule is c1ccc(-c2ccc(N(c3ccc(-c4ccc(-c5ccc6c(c5)-c5ccccc5C6C56C7CC8CC(C7)C5C6C8)cc4)cc3)c3ccc4c(c3)oc3ccccc34)cc2)cc1. The van der Waals surface area contributed by atoms with Gasteiger partial charge in [-0.25, -0.2) is 0 Å². The van der Waals surface area contributed by atoms with Gasteiger partial charge in [0.2, 0.25) is 0 Å². The maximum Gasteiger partial charge on any atom is 0.137 e. The number of benzene rings is 8. The number of anilines is 3. The Labute approximate surface area is 357 Å². The van der Waals surface area contributed by atoms with Crippen molar-refractivity contribution in [1.29, 1.82) is 0 Å². The first-order valence-electron chi connectivity index (χ1n) is 22.5. The number of furan rings is 1. The van der Waals surface area contributed by atoms with Crippen LogP contribution >= 0.6 is 0 Å². The fourth-order valence-electron chi connectivity index (χ4n) is 13.9. The lowest BCUT2D eigenvalue weighted by molar-refractivity contribution is 0.0902. The van der Waals surface area contributed by atoms with Crippen LogP contribution in [0.3, 0.4) is 0 Å². The second-order valence-corrected chi connectivity index (χ2v) is 18.9. The molecular formula is C59H45NO. The molecule has 8 aromatic carbocycles. The molecule has 5 fully saturated rings. The molecule has 292 valence electrons. The Morgan fingerprint density at radius 1 is 0.426 bits per heavy atom. The number of rotatable bonds is 7. The van der Waals surface area contributed by atoms with Crippen LogP contribution in [0.5, 0.6) is 0 Å². The van der Waals surface area contributed by atoms with Gasteiger partial charge in [-0.2, -0.15) is 0 Å². The van der Waals surface area contributed by atoms with Crippen LogP contribution in [0.2, 0.25) is 0 Å². The number of fused-ring (bicyclic) bond motifs is 6. The van der Waals surface area contributed by atoms with Crippen LogP contribution in [-0.2, 0) is 0 Å². The summed E-state index contributed by atoms with van der Waals surface area (Å²) in [5.74, 6) is 5.48. The summed E-state index contributed by atoms with van der Waals surface area (Å²) >= 11 is 0. The van der Waals surface area contributed by atoms with Crippen molar-refractivity contribution in [2.75, 3.05) is 4.90 Å². The quantitative estimate of drug-likeness (QED) is 0.160. The molecule has 1 aromatic heterocycles. The van der Waals surface area contributed by atoms with Gasteiger partial charge in [0.15, 0.2) is 0 Å². The molecule has 6 aliphatic carbocycles. The largest absolute Gasteiger partial charge is 0.456 e. The van der Waals surface area contributed by atoms with Crippen LogP contribution in [0, 0.1) is 35.0 Å². The van der Waals surface area contributed by atoms with E-state index in [1.54, 1.807) is 11.1 Å². The molecule has 0 saturated heterocycles. The van der Waals surface area contributed by atoms with E-state index in [0.717, 1.165) is 68.6 Å². The standard InChI is InChI=1S/C59H45NO/c1-2-8-37(9-3-1)39-18-23-45(24-19-39)60(47-27-29-50-49-11-6-7-13-55(49)61-56(50)35-47)46-25-20-40(21-26-46)38-14-16-41(17-15-38)42-22-28-52-53(34-42)48-10-4-5-12-51(48)58(52)59-44-31-36-30-43(33-44)57(59)54(59)32-36/h1-29,34-36,43-44,54,57-58H,30-33H2. The van der Waals surface area contributed by atoms with E-state index in [2.05, 4.69) is 181 Å². The molecule has 0 spiro atoms. The third-order valence-corrected chi connectivity index (χ3v) is 16.1. The molecule has 5 saturated carbocycles. The average molecular weight is 784 g/mol. The molecule has 61 heavy (non-hydrogen) atoms. The predicted molar refractivity (Wildman–Crippen MR) is 250 cm³/mol. The third-order valence-electron chi connectivity index (χ3n) is 16.1. The lowest BCUT2D eigenvalue weighted by atomic mass is 9.61. The maximum atomic E-state index is 6.37. The minimum Gasteiger partial charge on any atom is -0.456 e. The van der Waals surface area contributed by atoms with Crippen molar-refractivity contribution in [3.05, 3.63) is 199 Å². The van der Waals surface area contributed by atoms with Crippen molar-refractivity contribution in [3.63, 3.8) is 0 Å². The smallest absolute Gasteiger partial charge is 0.137 e. The molecule has 7 unspecified atom stereocenters. The Bertz CT molecular complexity index is 3170. The zero-order valence-electron chi connectivity index (χ0n) is 34.0. The van der Waals surface area contributed by atoms with Gasteiger partial charge in [0.05, 0.1) is 0 Å². The zero-order valence-corrected chi connectivity index (χ0v) is 34.0. The highest BCUT2D eigenvalue weighted by Crippen LogP contribution is 2.87. The topological polar surface area (TPSA) is 16.4 Å². The molecule has 9 aromatic rings. The molecule has 0 aliphatic heterocycles. The summed E-state index contributed by atoms with van der Waals surface area (Å²) in [7, 11) is 0. The maximum absolute atomic E-state index is 6.37. The van der Waals surface area contributed by atoms with Crippen LogP contribution in [0.1, 0.15) is 42.7 Å². The molecule has 0 radical (unpaired) electrons. The molecule has 0 amide bonds. The molecule has 1 heterocycles. The number of hydrogen-bond acceptors (Lipinski definition) is 2. The number of hydrogen-bond donors (Lipinski definition) is 0. The van der Waals surface area contributed by atoms with E-state index in [9.17, 15) is 0 Å². The zero-order chi connectivity index (χ0) is 39.8. The highest BCUT2D eigenvalue weighted by atomic mass is 16.3. The van der Waals surface area contributed by atoms with Gasteiger partial charge < -0.3 is 9.32 Å². The van der Waals surface area contributed by atoms with Crippen LogP contribution in [0.25, 0.3) is 66.4 Å². The van der Waals surface area contributed by atoms with Crippen molar-refractivity contribution < 1.29 is 4.42 Å². The van der Waals surface area contributed by atoms with Crippen LogP contribution in [0.4, 0.5) is 17.1 Å². The first-order chi connectivity index (χ1) is 30.2. The second-order valence-electron chi connectivity index (χ2n) is 18.9. The van der Waals surface area contributed by atoms with Gasteiger partial charge in [-0.1, -0.05) is 133 Å². The summed E-state index contributed by atoms with van der Waals surface area (Å²) in [4.78, 5) is 2.33. The normalized spacial score (nSPS) is 24.9. The summed E-state index contributed by atoms with van der Waals surface area (Å²) in [5.41, 5.74) is 19.2. The summed E-state index contributed by atoms with van der Waals surface area (Å²) in [6.45, 7) is 0. The minimum atomic E-state index is 0.532. The lowest BCUT2D eigenvalue weighted by Gasteiger charge is -2.43. The predicted octanol–water partition coefficient (Wildman–Crippen LogP) is 15.9. The fraction of sp³-hybridized carbons (Fsp3) is 0.186.